The number of hydrogen-bond donors (Lipinski definition) is 0. The van der Waals surface area contributed by atoms with Gasteiger partial charge in [-0.3, -0.25) is 4.79 Å². The quantitative estimate of drug-likeness (QED) is 0.851. The second kappa shape index (κ2) is 5.81. The molecule has 2 heterocycles. The monoisotopic (exact) mass is 322 g/mol. The normalized spacial score (nSPS) is 17.0. The van der Waals surface area contributed by atoms with E-state index in [4.69, 9.17) is 4.74 Å². The van der Waals surface area contributed by atoms with Gasteiger partial charge in [0.05, 0.1) is 17.6 Å². The summed E-state index contributed by atoms with van der Waals surface area (Å²) >= 11 is 0. The van der Waals surface area contributed by atoms with E-state index >= 15 is 0 Å². The summed E-state index contributed by atoms with van der Waals surface area (Å²) in [7, 11) is -3.50. The molecule has 0 bridgehead atoms. The van der Waals surface area contributed by atoms with Gasteiger partial charge >= 0.3 is 0 Å². The second-order valence-electron chi connectivity index (χ2n) is 5.59. The minimum Gasteiger partial charge on any atom is -0.381 e. The molecule has 1 aliphatic rings. The van der Waals surface area contributed by atoms with E-state index in [1.807, 2.05) is 6.07 Å². The van der Waals surface area contributed by atoms with Gasteiger partial charge in [-0.2, -0.15) is 0 Å². The van der Waals surface area contributed by atoms with Crippen molar-refractivity contribution in [3.8, 4) is 0 Å². The highest BCUT2D eigenvalue weighted by atomic mass is 32.2. The van der Waals surface area contributed by atoms with Crippen LogP contribution in [0.4, 0.5) is 0 Å². The first kappa shape index (κ1) is 15.2. The Bertz CT molecular complexity index is 804. The molecule has 0 N–H and O–H groups in total. The summed E-state index contributed by atoms with van der Waals surface area (Å²) in [6.07, 6.45) is 2.50. The Morgan fingerprint density at radius 1 is 1.32 bits per heavy atom. The number of sulfone groups is 1. The molecule has 22 heavy (non-hydrogen) atoms. The molecule has 1 fully saturated rings. The molecule has 0 amide bonds. The van der Waals surface area contributed by atoms with Crippen molar-refractivity contribution >= 4 is 26.7 Å². The molecule has 0 aliphatic carbocycles. The number of fused-ring (bicyclic) bond motifs is 1. The molecule has 2 aromatic rings. The lowest BCUT2D eigenvalue weighted by molar-refractivity contribution is -0.126. The first-order chi connectivity index (χ1) is 10.5. The maximum Gasteiger partial charge on any atom is 0.228 e. The summed E-state index contributed by atoms with van der Waals surface area (Å²) in [5.74, 6) is -0.0290. The van der Waals surface area contributed by atoms with Crippen molar-refractivity contribution in [2.75, 3.05) is 19.5 Å². The van der Waals surface area contributed by atoms with E-state index < -0.39 is 9.84 Å². The van der Waals surface area contributed by atoms with Gasteiger partial charge < -0.3 is 9.30 Å². The van der Waals surface area contributed by atoms with Gasteiger partial charge in [-0.25, -0.2) is 13.4 Å². The zero-order valence-corrected chi connectivity index (χ0v) is 13.2. The number of para-hydroxylation sites is 2. The summed E-state index contributed by atoms with van der Waals surface area (Å²) in [6.45, 7) is 1.20. The summed E-state index contributed by atoms with van der Waals surface area (Å²) in [4.78, 5) is 16.7. The lowest BCUT2D eigenvalue weighted by atomic mass is 9.95. The Hall–Kier alpha value is -1.73. The van der Waals surface area contributed by atoms with Crippen molar-refractivity contribution in [2.24, 2.45) is 5.92 Å². The number of carbonyl (C=O) groups is 1. The molecular weight excluding hydrogens is 304 g/mol. The van der Waals surface area contributed by atoms with Gasteiger partial charge in [-0.15, -0.1) is 0 Å². The van der Waals surface area contributed by atoms with Gasteiger partial charge in [0.2, 0.25) is 15.0 Å². The van der Waals surface area contributed by atoms with E-state index in [9.17, 15) is 13.2 Å². The number of ether oxygens (including phenoxy) is 1. The average molecular weight is 322 g/mol. The topological polar surface area (TPSA) is 78.3 Å². The number of nitrogens with zero attached hydrogens (tertiary/aromatic N) is 2. The zero-order chi connectivity index (χ0) is 15.7. The van der Waals surface area contributed by atoms with Gasteiger partial charge in [0.1, 0.15) is 0 Å². The van der Waals surface area contributed by atoms with Gasteiger partial charge in [-0.1, -0.05) is 12.1 Å². The van der Waals surface area contributed by atoms with Crippen LogP contribution in [0.3, 0.4) is 0 Å². The molecule has 0 radical (unpaired) electrons. The number of imidazole rings is 1. The summed E-state index contributed by atoms with van der Waals surface area (Å²) < 4.78 is 30.7. The lowest BCUT2D eigenvalue weighted by Crippen LogP contribution is -2.27. The van der Waals surface area contributed by atoms with Crippen LogP contribution in [0.5, 0.6) is 0 Å². The van der Waals surface area contributed by atoms with Gasteiger partial charge in [0.25, 0.3) is 0 Å². The van der Waals surface area contributed by atoms with E-state index in [1.165, 1.54) is 4.57 Å². The van der Waals surface area contributed by atoms with Crippen LogP contribution in [0, 0.1) is 5.92 Å². The predicted octanol–water partition coefficient (Wildman–Crippen LogP) is 1.44. The molecule has 0 saturated carbocycles. The molecule has 1 aromatic carbocycles. The van der Waals surface area contributed by atoms with Crippen molar-refractivity contribution in [3.63, 3.8) is 0 Å². The fourth-order valence-electron chi connectivity index (χ4n) is 2.79. The molecule has 0 unspecified atom stereocenters. The first-order valence-corrected chi connectivity index (χ1v) is 9.12. The fourth-order valence-corrected chi connectivity index (χ4v) is 3.62. The summed E-state index contributed by atoms with van der Waals surface area (Å²) in [6, 6.07) is 7.14. The van der Waals surface area contributed by atoms with E-state index in [-0.39, 0.29) is 23.4 Å². The van der Waals surface area contributed by atoms with Crippen LogP contribution in [0.2, 0.25) is 0 Å². The largest absolute Gasteiger partial charge is 0.381 e. The number of rotatable bonds is 4. The minimum atomic E-state index is -3.50. The zero-order valence-electron chi connectivity index (χ0n) is 12.4. The molecule has 6 nitrogen and oxygen atoms in total. The highest BCUT2D eigenvalue weighted by Crippen LogP contribution is 2.22. The maximum absolute atomic E-state index is 12.5. The van der Waals surface area contributed by atoms with Crippen LogP contribution in [0.15, 0.2) is 29.4 Å². The minimum absolute atomic E-state index is 0.0353. The third-order valence-corrected chi connectivity index (χ3v) is 4.92. The first-order valence-electron chi connectivity index (χ1n) is 7.22. The van der Waals surface area contributed by atoms with Crippen molar-refractivity contribution in [1.29, 1.82) is 0 Å². The molecule has 3 rings (SSSR count). The molecule has 1 aromatic heterocycles. The third kappa shape index (κ3) is 2.91. The lowest BCUT2D eigenvalue weighted by Gasteiger charge is -2.21. The van der Waals surface area contributed by atoms with E-state index in [0.717, 1.165) is 6.26 Å². The van der Waals surface area contributed by atoms with Crippen LogP contribution in [-0.2, 0) is 25.9 Å². The predicted molar refractivity (Wildman–Crippen MR) is 81.4 cm³/mol. The molecule has 0 spiro atoms. The van der Waals surface area contributed by atoms with Crippen LogP contribution in [0.1, 0.15) is 12.8 Å². The van der Waals surface area contributed by atoms with E-state index in [1.54, 1.807) is 18.2 Å². The number of ketones is 1. The van der Waals surface area contributed by atoms with Gasteiger partial charge in [-0.05, 0) is 25.0 Å². The highest BCUT2D eigenvalue weighted by Gasteiger charge is 2.25. The average Bonchev–Trinajstić information content (AvgIpc) is 2.87. The van der Waals surface area contributed by atoms with Crippen molar-refractivity contribution in [2.45, 2.75) is 24.5 Å². The number of benzene rings is 1. The molecule has 1 saturated heterocycles. The Morgan fingerprint density at radius 2 is 2.00 bits per heavy atom. The fraction of sp³-hybridized carbons (Fsp3) is 0.467. The van der Waals surface area contributed by atoms with Crippen LogP contribution < -0.4 is 0 Å². The van der Waals surface area contributed by atoms with Crippen LogP contribution in [0.25, 0.3) is 11.0 Å². The second-order valence-corrected chi connectivity index (χ2v) is 7.50. The third-order valence-electron chi connectivity index (χ3n) is 3.94. The summed E-state index contributed by atoms with van der Waals surface area (Å²) in [5.41, 5.74) is 1.26. The van der Waals surface area contributed by atoms with Crippen molar-refractivity contribution in [3.05, 3.63) is 24.3 Å². The highest BCUT2D eigenvalue weighted by molar-refractivity contribution is 7.90. The number of aromatic nitrogens is 2. The van der Waals surface area contributed by atoms with Crippen LogP contribution >= 0.6 is 0 Å². The molecule has 118 valence electrons. The van der Waals surface area contributed by atoms with Crippen molar-refractivity contribution in [1.82, 2.24) is 9.55 Å². The Balaban J connectivity index is 1.99. The Labute approximate surface area is 129 Å². The van der Waals surface area contributed by atoms with Gasteiger partial charge in [0, 0.05) is 25.4 Å². The smallest absolute Gasteiger partial charge is 0.228 e. The van der Waals surface area contributed by atoms with Gasteiger partial charge in [0.15, 0.2) is 5.78 Å². The van der Waals surface area contributed by atoms with E-state index in [2.05, 4.69) is 4.98 Å². The summed E-state index contributed by atoms with van der Waals surface area (Å²) in [5, 5.41) is -0.0471. The maximum atomic E-state index is 12.5. The molecule has 7 heteroatoms. The number of Topliss-reactive ketones (excluding diaryl/α,β-unsaturated/α-hetero) is 1. The van der Waals surface area contributed by atoms with Crippen molar-refractivity contribution < 1.29 is 17.9 Å². The molecular formula is C15H18N2O4S. The Morgan fingerprint density at radius 3 is 2.68 bits per heavy atom. The Kier molecular flexibility index (Phi) is 4.01. The number of carbonyl (C=O) groups excluding carboxylic acids is 1. The number of hydrogen-bond acceptors (Lipinski definition) is 5. The molecule has 0 atom stereocenters. The SMILES string of the molecule is CS(=O)(=O)c1nc2ccccc2n1CC(=O)C1CCOCC1. The van der Waals surface area contributed by atoms with E-state index in [0.29, 0.717) is 37.1 Å². The van der Waals surface area contributed by atoms with Crippen LogP contribution in [-0.4, -0.2) is 43.2 Å². The standard InChI is InChI=1S/C15H18N2O4S/c1-22(19,20)15-16-12-4-2-3-5-13(12)17(15)10-14(18)11-6-8-21-9-7-11/h2-5,11H,6-10H2,1H3. The molecule has 1 aliphatic heterocycles.